The number of sulfonamides is 1. The van der Waals surface area contributed by atoms with E-state index in [9.17, 15) is 22.4 Å². The summed E-state index contributed by atoms with van der Waals surface area (Å²) in [6, 6.07) is 4.06. The Labute approximate surface area is 133 Å². The second-order valence-electron chi connectivity index (χ2n) is 5.16. The van der Waals surface area contributed by atoms with Gasteiger partial charge in [-0.15, -0.1) is 0 Å². The number of nitrogens with one attached hydrogen (secondary N) is 1. The number of likely N-dealkylation sites (tertiary alicyclic amines) is 1. The van der Waals surface area contributed by atoms with Crippen molar-refractivity contribution in [2.75, 3.05) is 13.1 Å². The third-order valence-corrected chi connectivity index (χ3v) is 5.11. The maximum atomic E-state index is 13.5. The summed E-state index contributed by atoms with van der Waals surface area (Å²) in [4.78, 5) is 23.8. The Kier molecular flexibility index (Phi) is 5.32. The molecule has 0 aromatic heterocycles. The summed E-state index contributed by atoms with van der Waals surface area (Å²) in [5.41, 5.74) is 0. The summed E-state index contributed by atoms with van der Waals surface area (Å²) in [6.07, 6.45) is 0.809. The largest absolute Gasteiger partial charge is 0.480 e. The van der Waals surface area contributed by atoms with Gasteiger partial charge in [0.05, 0.1) is 0 Å². The second-order valence-corrected chi connectivity index (χ2v) is 6.90. The van der Waals surface area contributed by atoms with Gasteiger partial charge in [0.1, 0.15) is 16.8 Å². The summed E-state index contributed by atoms with van der Waals surface area (Å²) >= 11 is 0. The topological polar surface area (TPSA) is 104 Å². The Hall–Kier alpha value is -2.00. The van der Waals surface area contributed by atoms with E-state index in [1.165, 1.54) is 17.0 Å². The highest BCUT2D eigenvalue weighted by Gasteiger charge is 2.33. The lowest BCUT2D eigenvalue weighted by molar-refractivity contribution is -0.148. The van der Waals surface area contributed by atoms with Crippen LogP contribution < -0.4 is 4.72 Å². The minimum atomic E-state index is -4.05. The number of carboxylic acid groups (broad SMARTS) is 1. The highest BCUT2D eigenvalue weighted by atomic mass is 32.2. The van der Waals surface area contributed by atoms with Crippen LogP contribution in [0.2, 0.25) is 0 Å². The van der Waals surface area contributed by atoms with E-state index in [1.54, 1.807) is 0 Å². The predicted molar refractivity (Wildman–Crippen MR) is 78.6 cm³/mol. The molecule has 0 bridgehead atoms. The van der Waals surface area contributed by atoms with Gasteiger partial charge in [-0.1, -0.05) is 12.1 Å². The standard InChI is InChI=1S/C14H17FN2O5S/c15-10-4-1-2-6-12(10)23(21,22)16-8-7-13(18)17-9-3-5-11(17)14(19)20/h1-2,4,6,11,16H,3,5,7-9H2,(H,19,20)/t11-/m0/s1. The number of benzene rings is 1. The van der Waals surface area contributed by atoms with Crippen LogP contribution in [0.3, 0.4) is 0 Å². The van der Waals surface area contributed by atoms with Crippen LogP contribution in [0.15, 0.2) is 29.2 Å². The minimum absolute atomic E-state index is 0.183. The number of carbonyl (C=O) groups excluding carboxylic acids is 1. The molecule has 1 aromatic rings. The maximum Gasteiger partial charge on any atom is 0.326 e. The average Bonchev–Trinajstić information content (AvgIpc) is 2.97. The molecule has 1 atom stereocenters. The highest BCUT2D eigenvalue weighted by Crippen LogP contribution is 2.18. The molecular formula is C14H17FN2O5S. The first-order chi connectivity index (χ1) is 10.8. The van der Waals surface area contributed by atoms with E-state index in [0.717, 1.165) is 12.1 Å². The van der Waals surface area contributed by atoms with E-state index >= 15 is 0 Å². The Morgan fingerprint density at radius 1 is 1.35 bits per heavy atom. The molecule has 23 heavy (non-hydrogen) atoms. The van der Waals surface area contributed by atoms with Gasteiger partial charge < -0.3 is 10.0 Å². The fourth-order valence-electron chi connectivity index (χ4n) is 2.50. The van der Waals surface area contributed by atoms with Gasteiger partial charge in [0.15, 0.2) is 0 Å². The average molecular weight is 344 g/mol. The van der Waals surface area contributed by atoms with Crippen LogP contribution in [0.1, 0.15) is 19.3 Å². The van der Waals surface area contributed by atoms with E-state index in [4.69, 9.17) is 5.11 Å². The van der Waals surface area contributed by atoms with Crippen molar-refractivity contribution in [3.8, 4) is 0 Å². The molecule has 126 valence electrons. The summed E-state index contributed by atoms with van der Waals surface area (Å²) in [5, 5.41) is 9.02. The summed E-state index contributed by atoms with van der Waals surface area (Å²) in [7, 11) is -4.05. The second kappa shape index (κ2) is 7.05. The fourth-order valence-corrected chi connectivity index (χ4v) is 3.61. The Bertz CT molecular complexity index is 707. The van der Waals surface area contributed by atoms with Crippen molar-refractivity contribution in [1.82, 2.24) is 9.62 Å². The van der Waals surface area contributed by atoms with Gasteiger partial charge in [0.25, 0.3) is 0 Å². The van der Waals surface area contributed by atoms with Crippen molar-refractivity contribution < 1.29 is 27.5 Å². The molecule has 1 aliphatic heterocycles. The number of rotatable bonds is 6. The fraction of sp³-hybridized carbons (Fsp3) is 0.429. The van der Waals surface area contributed by atoms with Crippen LogP contribution in [0.25, 0.3) is 0 Å². The first kappa shape index (κ1) is 17.4. The molecule has 9 heteroatoms. The molecule has 1 heterocycles. The molecule has 2 rings (SSSR count). The number of amides is 1. The number of hydrogen-bond acceptors (Lipinski definition) is 4. The zero-order valence-electron chi connectivity index (χ0n) is 12.2. The van der Waals surface area contributed by atoms with Crippen LogP contribution in [0.4, 0.5) is 4.39 Å². The third kappa shape index (κ3) is 4.05. The molecule has 0 saturated carbocycles. The van der Waals surface area contributed by atoms with Crippen LogP contribution in [0.5, 0.6) is 0 Å². The predicted octanol–water partition coefficient (Wildman–Crippen LogP) is 0.570. The van der Waals surface area contributed by atoms with Crippen molar-refractivity contribution in [2.24, 2.45) is 0 Å². The highest BCUT2D eigenvalue weighted by molar-refractivity contribution is 7.89. The molecule has 0 radical (unpaired) electrons. The Morgan fingerprint density at radius 3 is 2.70 bits per heavy atom. The van der Waals surface area contributed by atoms with Crippen molar-refractivity contribution in [1.29, 1.82) is 0 Å². The quantitative estimate of drug-likeness (QED) is 0.785. The molecule has 1 saturated heterocycles. The van der Waals surface area contributed by atoms with Crippen molar-refractivity contribution in [3.05, 3.63) is 30.1 Å². The third-order valence-electron chi connectivity index (χ3n) is 3.62. The minimum Gasteiger partial charge on any atom is -0.480 e. The summed E-state index contributed by atoms with van der Waals surface area (Å²) < 4.78 is 39.6. The SMILES string of the molecule is O=C(O)[C@@H]1CCCN1C(=O)CCNS(=O)(=O)c1ccccc1F. The van der Waals surface area contributed by atoms with Gasteiger partial charge >= 0.3 is 5.97 Å². The van der Waals surface area contributed by atoms with E-state index in [0.29, 0.717) is 19.4 Å². The Balaban J connectivity index is 1.93. The number of nitrogens with zero attached hydrogens (tertiary/aromatic N) is 1. The summed E-state index contributed by atoms with van der Waals surface area (Å²) in [6.45, 7) is 0.119. The van der Waals surface area contributed by atoms with Gasteiger partial charge in [-0.3, -0.25) is 4.79 Å². The number of carboxylic acids is 1. The number of hydrogen-bond donors (Lipinski definition) is 2. The number of halogens is 1. The lowest BCUT2D eigenvalue weighted by atomic mass is 10.2. The first-order valence-electron chi connectivity index (χ1n) is 7.09. The van der Waals surface area contributed by atoms with Gasteiger partial charge in [-0.2, -0.15) is 0 Å². The lowest BCUT2D eigenvalue weighted by Gasteiger charge is -2.21. The van der Waals surface area contributed by atoms with Gasteiger partial charge in [0, 0.05) is 19.5 Å². The molecule has 2 N–H and O–H groups in total. The van der Waals surface area contributed by atoms with E-state index in [2.05, 4.69) is 4.72 Å². The molecule has 1 amide bonds. The smallest absolute Gasteiger partial charge is 0.326 e. The van der Waals surface area contributed by atoms with Crippen LogP contribution >= 0.6 is 0 Å². The van der Waals surface area contributed by atoms with Crippen molar-refractivity contribution in [3.63, 3.8) is 0 Å². The van der Waals surface area contributed by atoms with Crippen molar-refractivity contribution in [2.45, 2.75) is 30.2 Å². The van der Waals surface area contributed by atoms with E-state index in [-0.39, 0.29) is 13.0 Å². The molecule has 1 aromatic carbocycles. The zero-order valence-corrected chi connectivity index (χ0v) is 13.1. The lowest BCUT2D eigenvalue weighted by Crippen LogP contribution is -2.41. The molecule has 0 unspecified atom stereocenters. The number of aliphatic carboxylic acids is 1. The van der Waals surface area contributed by atoms with E-state index in [1.807, 2.05) is 0 Å². The van der Waals surface area contributed by atoms with Gasteiger partial charge in [-0.25, -0.2) is 22.3 Å². The molecule has 0 spiro atoms. The molecular weight excluding hydrogens is 327 g/mol. The first-order valence-corrected chi connectivity index (χ1v) is 8.57. The van der Waals surface area contributed by atoms with Crippen molar-refractivity contribution >= 4 is 21.9 Å². The summed E-state index contributed by atoms with van der Waals surface area (Å²) in [5.74, 6) is -2.38. The van der Waals surface area contributed by atoms with Gasteiger partial charge in [-0.05, 0) is 25.0 Å². The monoisotopic (exact) mass is 344 g/mol. The molecule has 1 fully saturated rings. The normalized spacial score (nSPS) is 18.1. The zero-order chi connectivity index (χ0) is 17.0. The van der Waals surface area contributed by atoms with Crippen LogP contribution in [-0.2, 0) is 19.6 Å². The molecule has 1 aliphatic rings. The van der Waals surface area contributed by atoms with E-state index < -0.39 is 38.7 Å². The molecule has 0 aliphatic carbocycles. The number of carbonyl (C=O) groups is 2. The van der Waals surface area contributed by atoms with Crippen LogP contribution in [0, 0.1) is 5.82 Å². The maximum absolute atomic E-state index is 13.5. The van der Waals surface area contributed by atoms with Crippen LogP contribution in [-0.4, -0.2) is 49.4 Å². The molecule has 7 nitrogen and oxygen atoms in total. The Morgan fingerprint density at radius 2 is 2.04 bits per heavy atom. The van der Waals surface area contributed by atoms with Gasteiger partial charge in [0.2, 0.25) is 15.9 Å².